The number of hydrogen-bond donors (Lipinski definition) is 2. The Labute approximate surface area is 137 Å². The average molecular weight is 407 g/mol. The number of halogens is 2. The Kier molecular flexibility index (Phi) is 5.90. The third-order valence-electron chi connectivity index (χ3n) is 3.66. The van der Waals surface area contributed by atoms with Crippen LogP contribution in [0.2, 0.25) is 0 Å². The van der Waals surface area contributed by atoms with E-state index in [-0.39, 0.29) is 0 Å². The van der Waals surface area contributed by atoms with E-state index in [1.54, 1.807) is 0 Å². The Morgan fingerprint density at radius 2 is 1.85 bits per heavy atom. The van der Waals surface area contributed by atoms with Gasteiger partial charge in [-0.05, 0) is 69.3 Å². The van der Waals surface area contributed by atoms with Crippen LogP contribution in [0.15, 0.2) is 21.1 Å². The Hall–Kier alpha value is -0.100. The van der Waals surface area contributed by atoms with E-state index < -0.39 is 5.60 Å². The molecule has 5 heteroatoms. The zero-order chi connectivity index (χ0) is 14.6. The van der Waals surface area contributed by atoms with Crippen molar-refractivity contribution in [3.05, 3.63) is 26.6 Å². The van der Waals surface area contributed by atoms with Crippen molar-refractivity contribution in [3.8, 4) is 5.75 Å². The van der Waals surface area contributed by atoms with E-state index in [1.807, 2.05) is 6.92 Å². The zero-order valence-electron chi connectivity index (χ0n) is 11.7. The number of rotatable bonds is 6. The van der Waals surface area contributed by atoms with Crippen LogP contribution >= 0.6 is 31.9 Å². The topological polar surface area (TPSA) is 41.5 Å². The summed E-state index contributed by atoms with van der Waals surface area (Å²) in [4.78, 5) is 0. The molecule has 3 nitrogen and oxygen atoms in total. The molecule has 2 N–H and O–H groups in total. The standard InChI is InChI=1S/C15H21Br2NO2/c1-2-20-14-12(16)7-11(8-13(14)17)9-18-10-15(19)5-3-4-6-15/h7-8,18-19H,2-6,9-10H2,1H3. The molecule has 0 aliphatic heterocycles. The second-order valence-electron chi connectivity index (χ2n) is 5.36. The summed E-state index contributed by atoms with van der Waals surface area (Å²) in [7, 11) is 0. The van der Waals surface area contributed by atoms with Crippen molar-refractivity contribution in [2.45, 2.75) is 44.8 Å². The molecule has 0 radical (unpaired) electrons. The normalized spacial score (nSPS) is 17.4. The summed E-state index contributed by atoms with van der Waals surface area (Å²) in [6, 6.07) is 4.11. The molecule has 0 atom stereocenters. The fourth-order valence-corrected chi connectivity index (χ4v) is 4.16. The maximum atomic E-state index is 10.3. The SMILES string of the molecule is CCOc1c(Br)cc(CNCC2(O)CCCC2)cc1Br. The molecule has 1 aromatic carbocycles. The van der Waals surface area contributed by atoms with Gasteiger partial charge in [-0.1, -0.05) is 12.8 Å². The van der Waals surface area contributed by atoms with Gasteiger partial charge in [-0.15, -0.1) is 0 Å². The number of hydrogen-bond acceptors (Lipinski definition) is 3. The van der Waals surface area contributed by atoms with E-state index in [2.05, 4.69) is 49.3 Å². The second kappa shape index (κ2) is 7.25. The highest BCUT2D eigenvalue weighted by Gasteiger charge is 2.30. The van der Waals surface area contributed by atoms with E-state index in [1.165, 1.54) is 0 Å². The van der Waals surface area contributed by atoms with Gasteiger partial charge in [-0.3, -0.25) is 0 Å². The molecular formula is C15H21Br2NO2. The largest absolute Gasteiger partial charge is 0.492 e. The van der Waals surface area contributed by atoms with Gasteiger partial charge in [0.05, 0.1) is 21.2 Å². The lowest BCUT2D eigenvalue weighted by Crippen LogP contribution is -2.37. The summed E-state index contributed by atoms with van der Waals surface area (Å²) < 4.78 is 7.47. The minimum atomic E-state index is -0.500. The van der Waals surface area contributed by atoms with Crippen molar-refractivity contribution >= 4 is 31.9 Å². The molecular weight excluding hydrogens is 386 g/mol. The minimum absolute atomic E-state index is 0.500. The molecule has 112 valence electrons. The van der Waals surface area contributed by atoms with E-state index >= 15 is 0 Å². The molecule has 0 spiro atoms. The number of ether oxygens (including phenoxy) is 1. The maximum absolute atomic E-state index is 10.3. The highest BCUT2D eigenvalue weighted by molar-refractivity contribution is 9.11. The molecule has 0 saturated heterocycles. The molecule has 1 aliphatic carbocycles. The van der Waals surface area contributed by atoms with Gasteiger partial charge < -0.3 is 15.2 Å². The van der Waals surface area contributed by atoms with Crippen LogP contribution in [0.25, 0.3) is 0 Å². The Morgan fingerprint density at radius 1 is 1.25 bits per heavy atom. The zero-order valence-corrected chi connectivity index (χ0v) is 14.9. The van der Waals surface area contributed by atoms with Crippen LogP contribution in [0.4, 0.5) is 0 Å². The minimum Gasteiger partial charge on any atom is -0.492 e. The summed E-state index contributed by atoms with van der Waals surface area (Å²) in [5.74, 6) is 0.839. The molecule has 1 aromatic rings. The molecule has 0 aromatic heterocycles. The van der Waals surface area contributed by atoms with Crippen molar-refractivity contribution in [2.75, 3.05) is 13.2 Å². The van der Waals surface area contributed by atoms with Crippen molar-refractivity contribution < 1.29 is 9.84 Å². The summed E-state index contributed by atoms with van der Waals surface area (Å²) in [6.45, 7) is 4.01. The summed E-state index contributed by atoms with van der Waals surface area (Å²) in [6.07, 6.45) is 4.10. The second-order valence-corrected chi connectivity index (χ2v) is 7.07. The fraction of sp³-hybridized carbons (Fsp3) is 0.600. The predicted octanol–water partition coefficient (Wildman–Crippen LogP) is 4.01. The number of benzene rings is 1. The first-order chi connectivity index (χ1) is 9.54. The molecule has 1 aliphatic rings. The van der Waals surface area contributed by atoms with Crippen LogP contribution < -0.4 is 10.1 Å². The van der Waals surface area contributed by atoms with Gasteiger partial charge in [-0.25, -0.2) is 0 Å². The first kappa shape index (κ1) is 16.3. The predicted molar refractivity (Wildman–Crippen MR) is 88.1 cm³/mol. The van der Waals surface area contributed by atoms with Gasteiger partial charge in [0, 0.05) is 13.1 Å². The first-order valence-corrected chi connectivity index (χ1v) is 8.66. The molecule has 0 unspecified atom stereocenters. The summed E-state index contributed by atoms with van der Waals surface area (Å²) >= 11 is 7.07. The summed E-state index contributed by atoms with van der Waals surface area (Å²) in [5.41, 5.74) is 0.661. The van der Waals surface area contributed by atoms with Gasteiger partial charge in [-0.2, -0.15) is 0 Å². The number of nitrogens with one attached hydrogen (secondary N) is 1. The molecule has 2 rings (SSSR count). The highest BCUT2D eigenvalue weighted by Crippen LogP contribution is 2.35. The molecule has 0 bridgehead atoms. The van der Waals surface area contributed by atoms with Crippen LogP contribution in [0.3, 0.4) is 0 Å². The van der Waals surface area contributed by atoms with E-state index in [4.69, 9.17) is 4.74 Å². The molecule has 0 amide bonds. The van der Waals surface area contributed by atoms with Crippen LogP contribution in [-0.4, -0.2) is 23.9 Å². The van der Waals surface area contributed by atoms with Crippen molar-refractivity contribution in [2.24, 2.45) is 0 Å². The lowest BCUT2D eigenvalue weighted by Gasteiger charge is -2.22. The van der Waals surface area contributed by atoms with Crippen molar-refractivity contribution in [3.63, 3.8) is 0 Å². The van der Waals surface area contributed by atoms with Crippen molar-refractivity contribution in [1.82, 2.24) is 5.32 Å². The van der Waals surface area contributed by atoms with Crippen LogP contribution in [0.5, 0.6) is 5.75 Å². The van der Waals surface area contributed by atoms with Crippen LogP contribution in [0.1, 0.15) is 38.2 Å². The third kappa shape index (κ3) is 4.20. The fourth-order valence-electron chi connectivity index (χ4n) is 2.65. The van der Waals surface area contributed by atoms with Crippen molar-refractivity contribution in [1.29, 1.82) is 0 Å². The lowest BCUT2D eigenvalue weighted by atomic mass is 10.0. The van der Waals surface area contributed by atoms with E-state index in [9.17, 15) is 5.11 Å². The third-order valence-corrected chi connectivity index (χ3v) is 4.84. The quantitative estimate of drug-likeness (QED) is 0.749. The Balaban J connectivity index is 1.93. The maximum Gasteiger partial charge on any atom is 0.147 e. The Bertz CT molecular complexity index is 436. The van der Waals surface area contributed by atoms with Crippen LogP contribution in [-0.2, 0) is 6.54 Å². The van der Waals surface area contributed by atoms with E-state index in [0.29, 0.717) is 13.2 Å². The molecule has 0 heterocycles. The van der Waals surface area contributed by atoms with E-state index in [0.717, 1.165) is 52.5 Å². The van der Waals surface area contributed by atoms with Gasteiger partial charge in [0.25, 0.3) is 0 Å². The molecule has 1 saturated carbocycles. The van der Waals surface area contributed by atoms with Gasteiger partial charge >= 0.3 is 0 Å². The highest BCUT2D eigenvalue weighted by atomic mass is 79.9. The first-order valence-electron chi connectivity index (χ1n) is 7.08. The van der Waals surface area contributed by atoms with Gasteiger partial charge in [0.1, 0.15) is 5.75 Å². The van der Waals surface area contributed by atoms with Gasteiger partial charge in [0.15, 0.2) is 0 Å². The number of aliphatic hydroxyl groups is 1. The lowest BCUT2D eigenvalue weighted by molar-refractivity contribution is 0.0475. The van der Waals surface area contributed by atoms with Crippen LogP contribution in [0, 0.1) is 0 Å². The Morgan fingerprint density at radius 3 is 2.40 bits per heavy atom. The van der Waals surface area contributed by atoms with Gasteiger partial charge in [0.2, 0.25) is 0 Å². The molecule has 1 fully saturated rings. The average Bonchev–Trinajstić information content (AvgIpc) is 2.81. The monoisotopic (exact) mass is 405 g/mol. The smallest absolute Gasteiger partial charge is 0.147 e. The molecule has 20 heavy (non-hydrogen) atoms. The summed E-state index contributed by atoms with van der Waals surface area (Å²) in [5, 5.41) is 13.6.